The zero-order valence-corrected chi connectivity index (χ0v) is 15.4. The fourth-order valence-electron chi connectivity index (χ4n) is 3.76. The van der Waals surface area contributed by atoms with E-state index in [4.69, 9.17) is 0 Å². The molecule has 0 saturated heterocycles. The lowest BCUT2D eigenvalue weighted by Crippen LogP contribution is -2.44. The van der Waals surface area contributed by atoms with Gasteiger partial charge >= 0.3 is 0 Å². The van der Waals surface area contributed by atoms with E-state index in [0.29, 0.717) is 6.54 Å². The van der Waals surface area contributed by atoms with Gasteiger partial charge in [0.2, 0.25) is 5.91 Å². The molecule has 2 aliphatic rings. The topological polar surface area (TPSA) is 45.2 Å². The fourth-order valence-corrected chi connectivity index (χ4v) is 4.11. The molecule has 0 atom stereocenters. The Balaban J connectivity index is 1.75. The van der Waals surface area contributed by atoms with Crippen molar-refractivity contribution in [3.8, 4) is 0 Å². The third-order valence-electron chi connectivity index (χ3n) is 4.94. The number of benzene rings is 1. The molecule has 0 radical (unpaired) electrons. The molecule has 5 heteroatoms. The van der Waals surface area contributed by atoms with Gasteiger partial charge in [0.15, 0.2) is 0 Å². The Kier molecular flexibility index (Phi) is 3.64. The number of pyridine rings is 1. The predicted molar refractivity (Wildman–Crippen MR) is 99.4 cm³/mol. The highest BCUT2D eigenvalue weighted by molar-refractivity contribution is 9.10. The van der Waals surface area contributed by atoms with Crippen molar-refractivity contribution < 1.29 is 4.79 Å². The molecule has 0 spiro atoms. The van der Waals surface area contributed by atoms with Crippen LogP contribution < -0.4 is 10.2 Å². The first kappa shape index (κ1) is 15.6. The predicted octanol–water partition coefficient (Wildman–Crippen LogP) is 4.87. The van der Waals surface area contributed by atoms with Crippen LogP contribution in [-0.2, 0) is 11.3 Å². The number of amides is 1. The number of rotatable bonds is 1. The van der Waals surface area contributed by atoms with Gasteiger partial charge in [-0.3, -0.25) is 4.79 Å². The largest absolute Gasteiger partial charge is 0.338 e. The first-order valence-corrected chi connectivity index (χ1v) is 9.04. The van der Waals surface area contributed by atoms with E-state index in [1.807, 2.05) is 35.2 Å². The maximum atomic E-state index is 13.2. The smallest absolute Gasteiger partial charge is 0.230 e. The standard InChI is InChI=1S/C19H20BrN3O/c1-19(2)9-13(10-19)18(24)23-11-12-4-3-7-21-17(12)22-15-6-5-14(20)8-16(15)23/h3-8,13H,9-11H2,1-2H3,(H,21,22). The summed E-state index contributed by atoms with van der Waals surface area (Å²) in [4.78, 5) is 19.5. The Bertz CT molecular complexity index is 810. The number of hydrogen-bond donors (Lipinski definition) is 1. The molecular weight excluding hydrogens is 366 g/mol. The van der Waals surface area contributed by atoms with Crippen molar-refractivity contribution in [1.29, 1.82) is 0 Å². The molecule has 24 heavy (non-hydrogen) atoms. The number of carbonyl (C=O) groups is 1. The number of carbonyl (C=O) groups excluding carboxylic acids is 1. The van der Waals surface area contributed by atoms with Gasteiger partial charge in [-0.2, -0.15) is 0 Å². The molecule has 1 amide bonds. The van der Waals surface area contributed by atoms with Crippen LogP contribution in [0.15, 0.2) is 41.0 Å². The average Bonchev–Trinajstić information content (AvgIpc) is 2.68. The van der Waals surface area contributed by atoms with E-state index < -0.39 is 0 Å². The van der Waals surface area contributed by atoms with Crippen LogP contribution in [0.2, 0.25) is 0 Å². The molecular formula is C19H20BrN3O. The second-order valence-corrected chi connectivity index (χ2v) is 8.41. The molecule has 0 unspecified atom stereocenters. The van der Waals surface area contributed by atoms with Gasteiger partial charge in [0.1, 0.15) is 5.82 Å². The van der Waals surface area contributed by atoms with E-state index >= 15 is 0 Å². The van der Waals surface area contributed by atoms with E-state index in [-0.39, 0.29) is 17.2 Å². The fraction of sp³-hybridized carbons (Fsp3) is 0.368. The molecule has 1 aromatic carbocycles. The highest BCUT2D eigenvalue weighted by Crippen LogP contribution is 2.47. The summed E-state index contributed by atoms with van der Waals surface area (Å²) in [6.45, 7) is 5.00. The summed E-state index contributed by atoms with van der Waals surface area (Å²) < 4.78 is 0.966. The molecule has 124 valence electrons. The number of halogens is 1. The molecule has 1 aliphatic carbocycles. The van der Waals surface area contributed by atoms with Gasteiger partial charge in [-0.25, -0.2) is 4.98 Å². The Morgan fingerprint density at radius 3 is 2.88 bits per heavy atom. The molecule has 1 aliphatic heterocycles. The second-order valence-electron chi connectivity index (χ2n) is 7.49. The Labute approximate surface area is 150 Å². The number of hydrogen-bond acceptors (Lipinski definition) is 3. The van der Waals surface area contributed by atoms with Crippen molar-refractivity contribution in [2.75, 3.05) is 10.2 Å². The quantitative estimate of drug-likeness (QED) is 0.761. The summed E-state index contributed by atoms with van der Waals surface area (Å²) >= 11 is 3.53. The maximum absolute atomic E-state index is 13.2. The number of nitrogens with zero attached hydrogens (tertiary/aromatic N) is 2. The molecule has 0 bridgehead atoms. The van der Waals surface area contributed by atoms with Crippen molar-refractivity contribution in [3.05, 3.63) is 46.6 Å². The van der Waals surface area contributed by atoms with Gasteiger partial charge in [-0.05, 0) is 42.5 Å². The minimum absolute atomic E-state index is 0.116. The zero-order valence-electron chi connectivity index (χ0n) is 13.8. The van der Waals surface area contributed by atoms with Crippen molar-refractivity contribution in [3.63, 3.8) is 0 Å². The summed E-state index contributed by atoms with van der Waals surface area (Å²) in [5.41, 5.74) is 3.15. The van der Waals surface area contributed by atoms with Crippen LogP contribution in [0.4, 0.5) is 17.2 Å². The van der Waals surface area contributed by atoms with Crippen LogP contribution in [0, 0.1) is 11.3 Å². The lowest BCUT2D eigenvalue weighted by Gasteiger charge is -2.43. The van der Waals surface area contributed by atoms with Crippen LogP contribution in [0.3, 0.4) is 0 Å². The highest BCUT2D eigenvalue weighted by atomic mass is 79.9. The summed E-state index contributed by atoms with van der Waals surface area (Å²) in [5.74, 6) is 1.16. The first-order valence-electron chi connectivity index (χ1n) is 8.25. The summed E-state index contributed by atoms with van der Waals surface area (Å²) in [5, 5.41) is 3.38. The third kappa shape index (κ3) is 2.71. The molecule has 1 aromatic heterocycles. The number of nitrogens with one attached hydrogen (secondary N) is 1. The summed E-state index contributed by atoms with van der Waals surface area (Å²) in [6.07, 6.45) is 3.69. The molecule has 1 saturated carbocycles. The van der Waals surface area contributed by atoms with E-state index in [2.05, 4.69) is 40.1 Å². The summed E-state index contributed by atoms with van der Waals surface area (Å²) in [7, 11) is 0. The van der Waals surface area contributed by atoms with Crippen LogP contribution >= 0.6 is 15.9 Å². The Hall–Kier alpha value is -1.88. The van der Waals surface area contributed by atoms with Crippen LogP contribution in [0.25, 0.3) is 0 Å². The van der Waals surface area contributed by atoms with Gasteiger partial charge in [0.05, 0.1) is 17.9 Å². The molecule has 2 heterocycles. The van der Waals surface area contributed by atoms with Gasteiger partial charge in [-0.15, -0.1) is 0 Å². The first-order chi connectivity index (χ1) is 11.4. The number of fused-ring (bicyclic) bond motifs is 2. The minimum Gasteiger partial charge on any atom is -0.338 e. The van der Waals surface area contributed by atoms with Crippen LogP contribution in [0.5, 0.6) is 0 Å². The zero-order chi connectivity index (χ0) is 16.9. The SMILES string of the molecule is CC1(C)CC(C(=O)N2Cc3cccnc3Nc3ccc(Br)cc32)C1. The van der Waals surface area contributed by atoms with Crippen LogP contribution in [-0.4, -0.2) is 10.9 Å². The monoisotopic (exact) mass is 385 g/mol. The summed E-state index contributed by atoms with van der Waals surface area (Å²) in [6, 6.07) is 9.93. The number of anilines is 3. The third-order valence-corrected chi connectivity index (χ3v) is 5.43. The highest BCUT2D eigenvalue weighted by Gasteiger charge is 2.43. The van der Waals surface area contributed by atoms with Gasteiger partial charge in [0, 0.05) is 22.2 Å². The molecule has 1 N–H and O–H groups in total. The molecule has 2 aromatic rings. The number of aromatic nitrogens is 1. The van der Waals surface area contributed by atoms with Gasteiger partial charge < -0.3 is 10.2 Å². The lowest BCUT2D eigenvalue weighted by atomic mass is 9.64. The van der Waals surface area contributed by atoms with Crippen LogP contribution in [0.1, 0.15) is 32.3 Å². The second kappa shape index (κ2) is 5.59. The van der Waals surface area contributed by atoms with Gasteiger partial charge in [0.25, 0.3) is 0 Å². The molecule has 4 rings (SSSR count). The average molecular weight is 386 g/mol. The minimum atomic E-state index is 0.116. The molecule has 1 fully saturated rings. The normalized spacial score (nSPS) is 18.7. The van der Waals surface area contributed by atoms with Crippen molar-refractivity contribution in [1.82, 2.24) is 4.98 Å². The van der Waals surface area contributed by atoms with Crippen molar-refractivity contribution in [2.24, 2.45) is 11.3 Å². The Morgan fingerprint density at radius 1 is 1.33 bits per heavy atom. The van der Waals surface area contributed by atoms with E-state index in [0.717, 1.165) is 40.1 Å². The van der Waals surface area contributed by atoms with Crippen molar-refractivity contribution in [2.45, 2.75) is 33.2 Å². The van der Waals surface area contributed by atoms with Crippen molar-refractivity contribution >= 4 is 39.0 Å². The van der Waals surface area contributed by atoms with E-state index in [1.54, 1.807) is 6.20 Å². The Morgan fingerprint density at radius 2 is 2.12 bits per heavy atom. The molecule has 4 nitrogen and oxygen atoms in total. The lowest BCUT2D eigenvalue weighted by molar-refractivity contribution is -0.128. The maximum Gasteiger partial charge on any atom is 0.230 e. The van der Waals surface area contributed by atoms with Gasteiger partial charge in [-0.1, -0.05) is 35.8 Å². The van der Waals surface area contributed by atoms with E-state index in [9.17, 15) is 4.79 Å². The van der Waals surface area contributed by atoms with E-state index in [1.165, 1.54) is 0 Å².